The third-order valence-electron chi connectivity index (χ3n) is 4.75. The van der Waals surface area contributed by atoms with Crippen LogP contribution in [0.2, 0.25) is 5.02 Å². The molecule has 0 unspecified atom stereocenters. The summed E-state index contributed by atoms with van der Waals surface area (Å²) in [5.74, 6) is 0. The van der Waals surface area contributed by atoms with Crippen molar-refractivity contribution in [3.8, 4) is 0 Å². The maximum atomic E-state index is 6.04. The summed E-state index contributed by atoms with van der Waals surface area (Å²) in [6, 6.07) is 8.59. The summed E-state index contributed by atoms with van der Waals surface area (Å²) in [6.07, 6.45) is 5.40. The normalized spacial score (nSPS) is 23.6. The van der Waals surface area contributed by atoms with Crippen LogP contribution in [0.25, 0.3) is 0 Å². The fraction of sp³-hybridized carbons (Fsp3) is 0.625. The van der Waals surface area contributed by atoms with E-state index in [2.05, 4.69) is 34.5 Å². The van der Waals surface area contributed by atoms with Crippen molar-refractivity contribution < 1.29 is 0 Å². The molecule has 0 bridgehead atoms. The van der Waals surface area contributed by atoms with Gasteiger partial charge in [-0.1, -0.05) is 36.6 Å². The Balaban J connectivity index is 1.79. The van der Waals surface area contributed by atoms with Crippen LogP contribution in [0.15, 0.2) is 24.3 Å². The fourth-order valence-electron chi connectivity index (χ4n) is 3.69. The van der Waals surface area contributed by atoms with Crippen LogP contribution in [0.5, 0.6) is 0 Å². The van der Waals surface area contributed by atoms with Crippen LogP contribution in [-0.2, 0) is 5.41 Å². The summed E-state index contributed by atoms with van der Waals surface area (Å²) in [5.41, 5.74) is 1.87. The van der Waals surface area contributed by atoms with E-state index in [-0.39, 0.29) is 0 Å². The summed E-state index contributed by atoms with van der Waals surface area (Å²) in [4.78, 5) is 2.64. The predicted molar refractivity (Wildman–Crippen MR) is 80.9 cm³/mol. The number of halogens is 1. The topological polar surface area (TPSA) is 15.3 Å². The summed E-state index contributed by atoms with van der Waals surface area (Å²) in [5, 5.41) is 4.29. The predicted octanol–water partition coefficient (Wildman–Crippen LogP) is 3.06. The molecule has 1 saturated carbocycles. The number of hydrogen-bond donors (Lipinski definition) is 1. The van der Waals surface area contributed by atoms with Crippen LogP contribution in [0.1, 0.15) is 31.2 Å². The zero-order valence-electron chi connectivity index (χ0n) is 11.5. The van der Waals surface area contributed by atoms with E-state index in [0.29, 0.717) is 5.41 Å². The molecule has 3 rings (SSSR count). The van der Waals surface area contributed by atoms with Gasteiger partial charge in [-0.3, -0.25) is 4.90 Å². The van der Waals surface area contributed by atoms with E-state index in [1.165, 1.54) is 50.9 Å². The molecule has 1 aromatic carbocycles. The molecular formula is C16H23ClN2. The molecule has 19 heavy (non-hydrogen) atoms. The highest BCUT2D eigenvalue weighted by Crippen LogP contribution is 2.42. The monoisotopic (exact) mass is 278 g/mol. The summed E-state index contributed by atoms with van der Waals surface area (Å²) >= 11 is 6.04. The molecule has 1 aliphatic heterocycles. The van der Waals surface area contributed by atoms with Crippen LogP contribution in [-0.4, -0.2) is 37.6 Å². The fourth-order valence-corrected chi connectivity index (χ4v) is 3.82. The lowest BCUT2D eigenvalue weighted by molar-refractivity contribution is 0.185. The molecule has 2 nitrogen and oxygen atoms in total. The van der Waals surface area contributed by atoms with Crippen molar-refractivity contribution in [3.05, 3.63) is 34.9 Å². The van der Waals surface area contributed by atoms with E-state index in [9.17, 15) is 0 Å². The van der Waals surface area contributed by atoms with E-state index in [1.54, 1.807) is 0 Å². The van der Waals surface area contributed by atoms with Gasteiger partial charge in [0.2, 0.25) is 0 Å². The van der Waals surface area contributed by atoms with Crippen LogP contribution >= 0.6 is 11.6 Å². The Morgan fingerprint density at radius 1 is 1.05 bits per heavy atom. The Morgan fingerprint density at radius 2 is 1.68 bits per heavy atom. The molecule has 0 amide bonds. The largest absolute Gasteiger partial charge is 0.314 e. The van der Waals surface area contributed by atoms with Crippen LogP contribution in [0.4, 0.5) is 0 Å². The highest BCUT2D eigenvalue weighted by Gasteiger charge is 2.37. The lowest BCUT2D eigenvalue weighted by Gasteiger charge is -2.38. The van der Waals surface area contributed by atoms with Crippen molar-refractivity contribution in [2.75, 3.05) is 32.7 Å². The van der Waals surface area contributed by atoms with Crippen molar-refractivity contribution in [2.24, 2.45) is 0 Å². The Bertz CT molecular complexity index is 403. The quantitative estimate of drug-likeness (QED) is 0.914. The van der Waals surface area contributed by atoms with Gasteiger partial charge >= 0.3 is 0 Å². The number of nitrogens with one attached hydrogen (secondary N) is 1. The maximum absolute atomic E-state index is 6.04. The van der Waals surface area contributed by atoms with Crippen LogP contribution in [0.3, 0.4) is 0 Å². The Kier molecular flexibility index (Phi) is 4.11. The van der Waals surface area contributed by atoms with Gasteiger partial charge in [-0.2, -0.15) is 0 Å². The van der Waals surface area contributed by atoms with Gasteiger partial charge in [0, 0.05) is 43.2 Å². The number of nitrogens with zero attached hydrogens (tertiary/aromatic N) is 1. The summed E-state index contributed by atoms with van der Waals surface area (Å²) in [7, 11) is 0. The van der Waals surface area contributed by atoms with E-state index in [4.69, 9.17) is 11.6 Å². The molecular weight excluding hydrogens is 256 g/mol. The molecule has 0 radical (unpaired) electrons. The minimum absolute atomic E-state index is 0.377. The molecule has 104 valence electrons. The number of piperazine rings is 1. The first-order chi connectivity index (χ1) is 9.28. The van der Waals surface area contributed by atoms with Crippen molar-refractivity contribution in [2.45, 2.75) is 31.1 Å². The second-order valence-corrected chi connectivity index (χ2v) is 6.46. The molecule has 1 N–H and O–H groups in total. The number of hydrogen-bond acceptors (Lipinski definition) is 2. The highest BCUT2D eigenvalue weighted by atomic mass is 35.5. The number of benzene rings is 1. The first-order valence-corrected chi connectivity index (χ1v) is 7.85. The van der Waals surface area contributed by atoms with Gasteiger partial charge in [0.15, 0.2) is 0 Å². The Hall–Kier alpha value is -0.570. The van der Waals surface area contributed by atoms with Gasteiger partial charge in [0.05, 0.1) is 0 Å². The average molecular weight is 279 g/mol. The maximum Gasteiger partial charge on any atom is 0.0406 e. The van der Waals surface area contributed by atoms with E-state index >= 15 is 0 Å². The van der Waals surface area contributed by atoms with Gasteiger partial charge in [-0.25, -0.2) is 0 Å². The lowest BCUT2D eigenvalue weighted by Crippen LogP contribution is -2.48. The molecule has 2 fully saturated rings. The van der Waals surface area contributed by atoms with E-state index in [1.807, 2.05) is 0 Å². The standard InChI is InChI=1S/C16H23ClN2/c17-15-5-3-14(4-6-15)16(7-1-2-8-16)13-19-11-9-18-10-12-19/h3-6,18H,1-2,7-13H2. The lowest BCUT2D eigenvalue weighted by atomic mass is 9.78. The zero-order chi connectivity index (χ0) is 13.1. The molecule has 3 heteroatoms. The average Bonchev–Trinajstić information content (AvgIpc) is 2.90. The summed E-state index contributed by atoms with van der Waals surface area (Å²) in [6.45, 7) is 5.87. The van der Waals surface area contributed by atoms with Gasteiger partial charge in [-0.15, -0.1) is 0 Å². The third-order valence-corrected chi connectivity index (χ3v) is 5.01. The second kappa shape index (κ2) is 5.82. The molecule has 0 atom stereocenters. The number of rotatable bonds is 3. The van der Waals surface area contributed by atoms with Crippen molar-refractivity contribution in [1.29, 1.82) is 0 Å². The minimum Gasteiger partial charge on any atom is -0.314 e. The van der Waals surface area contributed by atoms with Crippen molar-refractivity contribution in [3.63, 3.8) is 0 Å². The third kappa shape index (κ3) is 2.96. The molecule has 1 aliphatic carbocycles. The van der Waals surface area contributed by atoms with Crippen LogP contribution in [0, 0.1) is 0 Å². The highest BCUT2D eigenvalue weighted by molar-refractivity contribution is 6.30. The van der Waals surface area contributed by atoms with Gasteiger partial charge in [0.25, 0.3) is 0 Å². The van der Waals surface area contributed by atoms with Gasteiger partial charge < -0.3 is 5.32 Å². The van der Waals surface area contributed by atoms with Crippen molar-refractivity contribution >= 4 is 11.6 Å². The molecule has 1 saturated heterocycles. The Morgan fingerprint density at radius 3 is 2.32 bits per heavy atom. The minimum atomic E-state index is 0.377. The van der Waals surface area contributed by atoms with E-state index < -0.39 is 0 Å². The molecule has 2 aliphatic rings. The second-order valence-electron chi connectivity index (χ2n) is 6.02. The molecule has 0 aromatic heterocycles. The van der Waals surface area contributed by atoms with Crippen LogP contribution < -0.4 is 5.32 Å². The van der Waals surface area contributed by atoms with Crippen molar-refractivity contribution in [1.82, 2.24) is 10.2 Å². The zero-order valence-corrected chi connectivity index (χ0v) is 12.3. The molecule has 1 aromatic rings. The molecule has 0 spiro atoms. The van der Waals surface area contributed by atoms with Gasteiger partial charge in [-0.05, 0) is 30.5 Å². The molecule has 1 heterocycles. The SMILES string of the molecule is Clc1ccc(C2(CN3CCNCC3)CCCC2)cc1. The van der Waals surface area contributed by atoms with E-state index in [0.717, 1.165) is 18.1 Å². The smallest absolute Gasteiger partial charge is 0.0406 e. The Labute approximate surface area is 121 Å². The first kappa shape index (κ1) is 13.4. The first-order valence-electron chi connectivity index (χ1n) is 7.48. The van der Waals surface area contributed by atoms with Gasteiger partial charge in [0.1, 0.15) is 0 Å². The summed E-state index contributed by atoms with van der Waals surface area (Å²) < 4.78 is 0.